The molecule has 0 aliphatic rings. The number of hydrogen-bond acceptors (Lipinski definition) is 3. The molecule has 0 bridgehead atoms. The molecule has 0 saturated heterocycles. The highest BCUT2D eigenvalue weighted by Crippen LogP contribution is 2.20. The topological polar surface area (TPSA) is 43.8 Å². The molecule has 0 radical (unpaired) electrons. The van der Waals surface area contributed by atoms with Gasteiger partial charge in [0.15, 0.2) is 0 Å². The van der Waals surface area contributed by atoms with Crippen LogP contribution in [-0.4, -0.2) is 26.8 Å². The van der Waals surface area contributed by atoms with Gasteiger partial charge in [-0.3, -0.25) is 4.68 Å². The van der Waals surface area contributed by atoms with E-state index in [9.17, 15) is 0 Å². The van der Waals surface area contributed by atoms with Crippen LogP contribution in [-0.2, 0) is 13.0 Å². The van der Waals surface area contributed by atoms with Crippen molar-refractivity contribution < 1.29 is 0 Å². The number of aryl methyl sites for hydroxylation is 1. The Bertz CT molecular complexity index is 533. The zero-order valence-corrected chi connectivity index (χ0v) is 12.8. The zero-order chi connectivity index (χ0) is 13.8. The van der Waals surface area contributed by atoms with Gasteiger partial charge in [-0.15, -0.1) is 0 Å². The summed E-state index contributed by atoms with van der Waals surface area (Å²) in [6, 6.07) is 8.59. The number of nitrogens with two attached hydrogens (primary N) is 1. The number of thioether (sulfide) groups is 1. The maximum absolute atomic E-state index is 6.23. The molecule has 104 valence electrons. The van der Waals surface area contributed by atoms with Gasteiger partial charge in [0, 0.05) is 30.1 Å². The zero-order valence-electron chi connectivity index (χ0n) is 12.0. The van der Waals surface area contributed by atoms with Crippen LogP contribution >= 0.6 is 11.8 Å². The Morgan fingerprint density at radius 2 is 2.05 bits per heavy atom. The van der Waals surface area contributed by atoms with Crippen LogP contribution in [0.3, 0.4) is 0 Å². The lowest BCUT2D eigenvalue weighted by molar-refractivity contribution is 0.648. The second-order valence-corrected chi connectivity index (χ2v) is 6.74. The largest absolute Gasteiger partial charge is 0.327 e. The van der Waals surface area contributed by atoms with E-state index >= 15 is 0 Å². The molecule has 0 aliphatic carbocycles. The summed E-state index contributed by atoms with van der Waals surface area (Å²) in [6.07, 6.45) is 0.854. The minimum atomic E-state index is 0.177. The van der Waals surface area contributed by atoms with Crippen molar-refractivity contribution in [3.8, 4) is 0 Å². The maximum Gasteiger partial charge on any atom is 0.0719 e. The Hall–Kier alpha value is -1.00. The van der Waals surface area contributed by atoms with Crippen molar-refractivity contribution in [3.05, 3.63) is 30.0 Å². The molecule has 2 rings (SSSR count). The van der Waals surface area contributed by atoms with E-state index in [0.29, 0.717) is 5.25 Å². The standard InChI is InChI=1S/C15H23N3S/c1-4-18-15-8-6-5-7-13(15)14(17-18)9-12(16)10-19-11(2)3/h5-8,11-12H,4,9-10,16H2,1-3H3. The first-order valence-electron chi connectivity index (χ1n) is 6.93. The molecule has 0 saturated carbocycles. The van der Waals surface area contributed by atoms with Crippen LogP contribution in [0.1, 0.15) is 26.5 Å². The van der Waals surface area contributed by atoms with Crippen molar-refractivity contribution in [1.82, 2.24) is 9.78 Å². The second-order valence-electron chi connectivity index (χ2n) is 5.13. The molecular weight excluding hydrogens is 254 g/mol. The van der Waals surface area contributed by atoms with E-state index in [1.807, 2.05) is 11.8 Å². The quantitative estimate of drug-likeness (QED) is 0.882. The van der Waals surface area contributed by atoms with Crippen molar-refractivity contribution in [3.63, 3.8) is 0 Å². The van der Waals surface area contributed by atoms with E-state index in [1.165, 1.54) is 10.9 Å². The fraction of sp³-hybridized carbons (Fsp3) is 0.533. The third-order valence-corrected chi connectivity index (χ3v) is 4.42. The number of rotatable bonds is 6. The molecule has 1 heterocycles. The Morgan fingerprint density at radius 1 is 1.32 bits per heavy atom. The van der Waals surface area contributed by atoms with Crippen molar-refractivity contribution >= 4 is 22.7 Å². The third-order valence-electron chi connectivity index (χ3n) is 3.13. The van der Waals surface area contributed by atoms with Crippen molar-refractivity contribution in [2.45, 2.75) is 45.0 Å². The van der Waals surface area contributed by atoms with Gasteiger partial charge in [-0.05, 0) is 18.2 Å². The van der Waals surface area contributed by atoms with E-state index in [0.717, 1.165) is 24.4 Å². The summed E-state index contributed by atoms with van der Waals surface area (Å²) in [5, 5.41) is 6.58. The van der Waals surface area contributed by atoms with Gasteiger partial charge in [0.05, 0.1) is 11.2 Å². The minimum absolute atomic E-state index is 0.177. The summed E-state index contributed by atoms with van der Waals surface area (Å²) in [7, 11) is 0. The molecule has 0 fully saturated rings. The Kier molecular flexibility index (Phi) is 4.88. The molecule has 19 heavy (non-hydrogen) atoms. The first-order valence-corrected chi connectivity index (χ1v) is 7.98. The summed E-state index contributed by atoms with van der Waals surface area (Å²) in [4.78, 5) is 0. The molecular formula is C15H23N3S. The monoisotopic (exact) mass is 277 g/mol. The summed E-state index contributed by atoms with van der Waals surface area (Å²) >= 11 is 1.92. The lowest BCUT2D eigenvalue weighted by atomic mass is 10.1. The van der Waals surface area contributed by atoms with Gasteiger partial charge < -0.3 is 5.73 Å². The fourth-order valence-corrected chi connectivity index (χ4v) is 2.96. The van der Waals surface area contributed by atoms with Gasteiger partial charge in [-0.2, -0.15) is 16.9 Å². The highest BCUT2D eigenvalue weighted by Gasteiger charge is 2.13. The Balaban J connectivity index is 2.16. The van der Waals surface area contributed by atoms with Gasteiger partial charge in [-0.1, -0.05) is 32.0 Å². The molecule has 0 amide bonds. The number of benzene rings is 1. The summed E-state index contributed by atoms with van der Waals surface area (Å²) < 4.78 is 2.06. The van der Waals surface area contributed by atoms with Crippen molar-refractivity contribution in [2.75, 3.05) is 5.75 Å². The van der Waals surface area contributed by atoms with Crippen molar-refractivity contribution in [2.24, 2.45) is 5.73 Å². The smallest absolute Gasteiger partial charge is 0.0719 e. The van der Waals surface area contributed by atoms with Crippen LogP contribution in [0.15, 0.2) is 24.3 Å². The van der Waals surface area contributed by atoms with E-state index in [4.69, 9.17) is 10.8 Å². The predicted molar refractivity (Wildman–Crippen MR) is 84.7 cm³/mol. The predicted octanol–water partition coefficient (Wildman–Crippen LogP) is 3.07. The van der Waals surface area contributed by atoms with E-state index in [1.54, 1.807) is 0 Å². The Morgan fingerprint density at radius 3 is 2.74 bits per heavy atom. The van der Waals surface area contributed by atoms with Gasteiger partial charge >= 0.3 is 0 Å². The van der Waals surface area contributed by atoms with Crippen LogP contribution < -0.4 is 5.73 Å². The molecule has 3 nitrogen and oxygen atoms in total. The SMILES string of the molecule is CCn1nc(CC(N)CSC(C)C)c2ccccc21. The van der Waals surface area contributed by atoms with Crippen LogP contribution in [0.2, 0.25) is 0 Å². The number of aromatic nitrogens is 2. The number of hydrogen-bond donors (Lipinski definition) is 1. The molecule has 1 aromatic carbocycles. The summed E-state index contributed by atoms with van der Waals surface area (Å²) in [5.41, 5.74) is 8.57. The number of fused-ring (bicyclic) bond motifs is 1. The average molecular weight is 277 g/mol. The van der Waals surface area contributed by atoms with E-state index < -0.39 is 0 Å². The molecule has 1 unspecified atom stereocenters. The van der Waals surface area contributed by atoms with Gasteiger partial charge in [0.1, 0.15) is 0 Å². The maximum atomic E-state index is 6.23. The molecule has 1 atom stereocenters. The molecule has 4 heteroatoms. The molecule has 2 aromatic rings. The van der Waals surface area contributed by atoms with Gasteiger partial charge in [-0.25, -0.2) is 0 Å². The number of nitrogens with zero attached hydrogens (tertiary/aromatic N) is 2. The summed E-state index contributed by atoms with van der Waals surface area (Å²) in [5.74, 6) is 0.991. The van der Waals surface area contributed by atoms with Crippen LogP contribution in [0, 0.1) is 0 Å². The normalized spacial score (nSPS) is 13.3. The highest BCUT2D eigenvalue weighted by molar-refractivity contribution is 7.99. The van der Waals surface area contributed by atoms with Crippen molar-refractivity contribution in [1.29, 1.82) is 0 Å². The molecule has 1 aromatic heterocycles. The third kappa shape index (κ3) is 3.51. The van der Waals surface area contributed by atoms with Crippen LogP contribution in [0.25, 0.3) is 10.9 Å². The van der Waals surface area contributed by atoms with Crippen LogP contribution in [0.5, 0.6) is 0 Å². The minimum Gasteiger partial charge on any atom is -0.327 e. The Labute approximate surface area is 119 Å². The first-order chi connectivity index (χ1) is 9.11. The lowest BCUT2D eigenvalue weighted by Crippen LogP contribution is -2.26. The molecule has 0 aliphatic heterocycles. The molecule has 2 N–H and O–H groups in total. The second kappa shape index (κ2) is 6.44. The first kappa shape index (κ1) is 14.4. The van der Waals surface area contributed by atoms with Crippen LogP contribution in [0.4, 0.5) is 0 Å². The van der Waals surface area contributed by atoms with Gasteiger partial charge in [0.25, 0.3) is 0 Å². The highest BCUT2D eigenvalue weighted by atomic mass is 32.2. The average Bonchev–Trinajstić information content (AvgIpc) is 2.75. The fourth-order valence-electron chi connectivity index (χ4n) is 2.21. The number of para-hydroxylation sites is 1. The molecule has 0 spiro atoms. The summed E-state index contributed by atoms with van der Waals surface area (Å²) in [6.45, 7) is 7.44. The van der Waals surface area contributed by atoms with Gasteiger partial charge in [0.2, 0.25) is 0 Å². The van der Waals surface area contributed by atoms with E-state index in [-0.39, 0.29) is 6.04 Å². The lowest BCUT2D eigenvalue weighted by Gasteiger charge is -2.11. The van der Waals surface area contributed by atoms with E-state index in [2.05, 4.69) is 49.7 Å².